The van der Waals surface area contributed by atoms with Gasteiger partial charge >= 0.3 is 0 Å². The second-order valence-corrected chi connectivity index (χ2v) is 2.97. The number of carbonyl (C=O) groups is 1. The van der Waals surface area contributed by atoms with Gasteiger partial charge in [-0.3, -0.25) is 0 Å². The van der Waals surface area contributed by atoms with Crippen LogP contribution in [0.1, 0.15) is 26.2 Å². The van der Waals surface area contributed by atoms with Gasteiger partial charge in [-0.05, 0) is 20.0 Å². The Bertz CT molecular complexity index is 132. The molecule has 0 aliphatic rings. The minimum Gasteiger partial charge on any atom is -0.346 e. The van der Waals surface area contributed by atoms with Gasteiger partial charge in [0.1, 0.15) is 5.78 Å². The van der Waals surface area contributed by atoms with E-state index in [2.05, 4.69) is 19.2 Å². The summed E-state index contributed by atoms with van der Waals surface area (Å²) in [7, 11) is 1.92. The second kappa shape index (κ2) is 17.1. The van der Waals surface area contributed by atoms with Crippen molar-refractivity contribution in [2.45, 2.75) is 26.2 Å². The van der Waals surface area contributed by atoms with Crippen LogP contribution in [0.2, 0.25) is 0 Å². The van der Waals surface area contributed by atoms with Crippen molar-refractivity contribution in [1.82, 2.24) is 5.32 Å². The molecule has 15 heavy (non-hydrogen) atoms. The number of nitrogens with one attached hydrogen (secondary N) is 1. The molecular weight excluding hydrogens is 265 g/mol. The van der Waals surface area contributed by atoms with Crippen LogP contribution in [0.3, 0.4) is 0 Å². The normalized spacial score (nSPS) is 10.7. The smallest absolute Gasteiger partial charge is 0.119 e. The molecule has 0 aromatic heterocycles. The van der Waals surface area contributed by atoms with E-state index in [1.165, 1.54) is 0 Å². The number of Topliss-reactive ketones (excluding diaryl/α,β-unsaturated/α-hetero) is 1. The maximum absolute atomic E-state index is 11.0. The molecule has 0 unspecified atom stereocenters. The molecule has 0 aliphatic carbocycles. The van der Waals surface area contributed by atoms with Crippen molar-refractivity contribution in [3.63, 3.8) is 0 Å². The second-order valence-electron chi connectivity index (χ2n) is 2.97. The molecule has 1 atom stereocenters. The molecule has 0 aromatic carbocycles. The van der Waals surface area contributed by atoms with E-state index < -0.39 is 0 Å². The molecule has 3 N–H and O–H groups in total. The molecule has 0 saturated heterocycles. The minimum absolute atomic E-state index is 0. The van der Waals surface area contributed by atoms with Crippen LogP contribution in [-0.2, 0) is 37.5 Å². The van der Waals surface area contributed by atoms with E-state index in [9.17, 15) is 4.79 Å². The number of rotatable bonds is 7. The molecule has 4 heteroatoms. The van der Waals surface area contributed by atoms with Crippen molar-refractivity contribution in [3.05, 3.63) is 13.8 Å². The number of hydrogen-bond donors (Lipinski definition) is 2. The third kappa shape index (κ3) is 14.7. The van der Waals surface area contributed by atoms with Crippen LogP contribution in [0.4, 0.5) is 0 Å². The van der Waals surface area contributed by atoms with Gasteiger partial charge < -0.3 is 29.7 Å². The summed E-state index contributed by atoms with van der Waals surface area (Å²) < 4.78 is 0. The average Bonchev–Trinajstić information content (AvgIpc) is 2.25. The van der Waals surface area contributed by atoms with Crippen LogP contribution in [0.25, 0.3) is 0 Å². The predicted octanol–water partition coefficient (Wildman–Crippen LogP) is 1.19. The summed E-state index contributed by atoms with van der Waals surface area (Å²) in [5.41, 5.74) is 5.20. The largest absolute Gasteiger partial charge is 0.346 e. The van der Waals surface area contributed by atoms with E-state index in [1.807, 2.05) is 7.05 Å². The zero-order chi connectivity index (χ0) is 11.4. The Kier molecular flexibility index (Phi) is 24.0. The summed E-state index contributed by atoms with van der Waals surface area (Å²) in [6.45, 7) is 9.89. The third-order valence-corrected chi connectivity index (χ3v) is 1.89. The molecule has 89 valence electrons. The zero-order valence-corrected chi connectivity index (χ0v) is 12.9. The van der Waals surface area contributed by atoms with Crippen LogP contribution in [0.5, 0.6) is 0 Å². The number of unbranched alkanes of at least 4 members (excludes halogenated alkanes) is 1. The molecule has 1 radical (unpaired) electrons. The van der Waals surface area contributed by atoms with Gasteiger partial charge in [0.15, 0.2) is 0 Å². The Morgan fingerprint density at radius 3 is 2.33 bits per heavy atom. The van der Waals surface area contributed by atoms with E-state index in [1.54, 1.807) is 6.92 Å². The fourth-order valence-corrected chi connectivity index (χ4v) is 1.02. The summed E-state index contributed by atoms with van der Waals surface area (Å²) in [6.07, 6.45) is 3.00. The summed E-state index contributed by atoms with van der Waals surface area (Å²) in [6, 6.07) is 0. The Morgan fingerprint density at radius 1 is 1.40 bits per heavy atom. The van der Waals surface area contributed by atoms with Crippen LogP contribution in [0, 0.1) is 19.8 Å². The third-order valence-electron chi connectivity index (χ3n) is 1.89. The number of hydrogen-bond acceptors (Lipinski definition) is 3. The van der Waals surface area contributed by atoms with Crippen molar-refractivity contribution >= 4 is 5.78 Å². The Hall–Kier alpha value is 0.694. The van der Waals surface area contributed by atoms with E-state index in [-0.39, 0.29) is 51.0 Å². The topological polar surface area (TPSA) is 55.1 Å². The summed E-state index contributed by atoms with van der Waals surface area (Å²) in [5.74, 6) is -0.0358. The van der Waals surface area contributed by atoms with Gasteiger partial charge in [-0.1, -0.05) is 12.8 Å². The van der Waals surface area contributed by atoms with Crippen molar-refractivity contribution in [2.24, 2.45) is 11.7 Å². The van der Waals surface area contributed by atoms with Crippen LogP contribution in [-0.4, -0.2) is 25.9 Å². The molecule has 0 amide bonds. The van der Waals surface area contributed by atoms with E-state index in [4.69, 9.17) is 5.73 Å². The molecule has 0 aromatic rings. The van der Waals surface area contributed by atoms with Gasteiger partial charge in [0.05, 0.1) is 0 Å². The minimum atomic E-state index is -0.105. The molecule has 0 aliphatic heterocycles. The standard InChI is InChI=1S/C9H19N2O.C2H5.Y/c1-8(9(12)7-10)5-3-4-6-11-2;1-2;/h8,11H,1,3-7,10H2,2H3;1H2,2H3;/q2*-1;/t8-;;/m0../s1. The summed E-state index contributed by atoms with van der Waals surface area (Å²) in [4.78, 5) is 11.0. The first-order valence-electron chi connectivity index (χ1n) is 5.13. The maximum atomic E-state index is 11.0. The van der Waals surface area contributed by atoms with Crippen molar-refractivity contribution in [3.8, 4) is 0 Å². The molecule has 0 fully saturated rings. The molecule has 3 nitrogen and oxygen atoms in total. The van der Waals surface area contributed by atoms with E-state index in [0.29, 0.717) is 0 Å². The van der Waals surface area contributed by atoms with Crippen molar-refractivity contribution in [1.29, 1.82) is 0 Å². The van der Waals surface area contributed by atoms with Crippen molar-refractivity contribution in [2.75, 3.05) is 20.1 Å². The van der Waals surface area contributed by atoms with Gasteiger partial charge in [-0.25, -0.2) is 0 Å². The fraction of sp³-hybridized carbons (Fsp3) is 0.727. The number of nitrogens with two attached hydrogens (primary N) is 1. The van der Waals surface area contributed by atoms with Crippen molar-refractivity contribution < 1.29 is 37.5 Å². The fourth-order valence-electron chi connectivity index (χ4n) is 1.02. The van der Waals surface area contributed by atoms with Gasteiger partial charge in [-0.2, -0.15) is 6.92 Å². The number of ketones is 1. The predicted molar refractivity (Wildman–Crippen MR) is 61.7 cm³/mol. The Balaban J connectivity index is -0.000000449. The van der Waals surface area contributed by atoms with Gasteiger partial charge in [-0.15, -0.1) is 5.92 Å². The summed E-state index contributed by atoms with van der Waals surface area (Å²) >= 11 is 0. The maximum Gasteiger partial charge on any atom is 0.119 e. The first kappa shape index (κ1) is 21.0. The number of carbonyl (C=O) groups excluding carboxylic acids is 1. The first-order valence-corrected chi connectivity index (χ1v) is 5.13. The van der Waals surface area contributed by atoms with E-state index in [0.717, 1.165) is 25.8 Å². The molecule has 0 spiro atoms. The zero-order valence-electron chi connectivity index (χ0n) is 10.1. The van der Waals surface area contributed by atoms with Crippen LogP contribution in [0.15, 0.2) is 0 Å². The molecule has 0 heterocycles. The molecule has 0 saturated carbocycles. The quantitative estimate of drug-likeness (QED) is 0.547. The molecular formula is C11H24N2OY-2. The summed E-state index contributed by atoms with van der Waals surface area (Å²) in [5, 5.41) is 3.05. The van der Waals surface area contributed by atoms with E-state index >= 15 is 0 Å². The van der Waals surface area contributed by atoms with Gasteiger partial charge in [0.25, 0.3) is 0 Å². The SMILES string of the molecule is [CH2-]C.[CH2-][C@@H](CCCCNC)C(=O)CN.[Y]. The van der Waals surface area contributed by atoms with Crippen LogP contribution < -0.4 is 11.1 Å². The average molecular weight is 289 g/mol. The Labute approximate surface area is 120 Å². The van der Waals surface area contributed by atoms with Crippen LogP contribution >= 0.6 is 0 Å². The molecule has 0 rings (SSSR count). The Morgan fingerprint density at radius 2 is 1.93 bits per heavy atom. The molecule has 0 bridgehead atoms. The first-order chi connectivity index (χ1) is 6.72. The van der Waals surface area contributed by atoms with Gasteiger partial charge in [0.2, 0.25) is 0 Å². The monoisotopic (exact) mass is 289 g/mol. The van der Waals surface area contributed by atoms with Gasteiger partial charge in [0, 0.05) is 39.3 Å².